The molecule has 0 aromatic carbocycles. The van der Waals surface area contributed by atoms with Crippen LogP contribution in [0.3, 0.4) is 0 Å². The van der Waals surface area contributed by atoms with E-state index in [4.69, 9.17) is 0 Å². The third-order valence-electron chi connectivity index (χ3n) is 5.02. The molecule has 2 fully saturated rings. The molecule has 0 spiro atoms. The molecule has 1 aromatic heterocycles. The lowest BCUT2D eigenvalue weighted by molar-refractivity contribution is 0.192. The number of piperazine rings is 1. The first kappa shape index (κ1) is 13.9. The summed E-state index contributed by atoms with van der Waals surface area (Å²) in [7, 11) is 0. The molecular weight excluding hydrogens is 248 g/mol. The number of aromatic nitrogens is 2. The molecule has 2 heterocycles. The minimum absolute atomic E-state index is 0.965. The Kier molecular flexibility index (Phi) is 4.29. The highest BCUT2D eigenvalue weighted by molar-refractivity contribution is 5.54. The van der Waals surface area contributed by atoms with Gasteiger partial charge in [0.25, 0.3) is 0 Å². The molecule has 1 aliphatic heterocycles. The van der Waals surface area contributed by atoms with Crippen LogP contribution in [0, 0.1) is 19.8 Å². The topological polar surface area (TPSA) is 35.2 Å². The van der Waals surface area contributed by atoms with Crippen LogP contribution < -0.4 is 4.90 Å². The summed E-state index contributed by atoms with van der Waals surface area (Å²) in [5.41, 5.74) is 3.69. The molecule has 4 nitrogen and oxygen atoms in total. The summed E-state index contributed by atoms with van der Waals surface area (Å²) in [6.07, 6.45) is 7.29. The van der Waals surface area contributed by atoms with Gasteiger partial charge in [-0.2, -0.15) is 5.10 Å². The Morgan fingerprint density at radius 1 is 1.05 bits per heavy atom. The zero-order chi connectivity index (χ0) is 13.9. The highest BCUT2D eigenvalue weighted by Gasteiger charge is 2.23. The summed E-state index contributed by atoms with van der Waals surface area (Å²) in [5.74, 6) is 0.965. The molecule has 1 aromatic rings. The standard InChI is InChI=1S/C16H28N4/c1-13-16(14(2)18-17-13)20-10-8-19(9-11-20)12-15-6-4-3-5-7-15/h15H,3-12H2,1-2H3,(H,17,18). The van der Waals surface area contributed by atoms with Crippen molar-refractivity contribution in [3.63, 3.8) is 0 Å². The van der Waals surface area contributed by atoms with E-state index < -0.39 is 0 Å². The SMILES string of the molecule is Cc1n[nH]c(C)c1N1CCN(CC2CCCCC2)CC1. The number of rotatable bonds is 3. The van der Waals surface area contributed by atoms with Crippen molar-refractivity contribution in [1.82, 2.24) is 15.1 Å². The monoisotopic (exact) mass is 276 g/mol. The van der Waals surface area contributed by atoms with E-state index in [0.29, 0.717) is 0 Å². The fraction of sp³-hybridized carbons (Fsp3) is 0.812. The summed E-state index contributed by atoms with van der Waals surface area (Å²) in [6, 6.07) is 0. The normalized spacial score (nSPS) is 22.4. The Morgan fingerprint density at radius 3 is 2.35 bits per heavy atom. The molecule has 0 radical (unpaired) electrons. The van der Waals surface area contributed by atoms with Gasteiger partial charge in [-0.1, -0.05) is 19.3 Å². The first-order valence-corrected chi connectivity index (χ1v) is 8.23. The quantitative estimate of drug-likeness (QED) is 0.922. The van der Waals surface area contributed by atoms with E-state index in [2.05, 4.69) is 33.8 Å². The second kappa shape index (κ2) is 6.17. The molecule has 0 unspecified atom stereocenters. The molecule has 0 amide bonds. The second-order valence-corrected chi connectivity index (χ2v) is 6.57. The molecule has 1 N–H and O–H groups in total. The molecule has 1 saturated heterocycles. The van der Waals surface area contributed by atoms with Crippen LogP contribution in [0.25, 0.3) is 0 Å². The van der Waals surface area contributed by atoms with Crippen LogP contribution in [0.15, 0.2) is 0 Å². The van der Waals surface area contributed by atoms with E-state index in [0.717, 1.165) is 24.7 Å². The van der Waals surface area contributed by atoms with Crippen molar-refractivity contribution in [3.8, 4) is 0 Å². The van der Waals surface area contributed by atoms with Gasteiger partial charge in [-0.25, -0.2) is 0 Å². The lowest BCUT2D eigenvalue weighted by Crippen LogP contribution is -2.48. The first-order chi connectivity index (χ1) is 9.74. The predicted octanol–water partition coefficient (Wildman–Crippen LogP) is 2.73. The Morgan fingerprint density at radius 2 is 1.75 bits per heavy atom. The molecule has 20 heavy (non-hydrogen) atoms. The average molecular weight is 276 g/mol. The molecule has 3 rings (SSSR count). The number of nitrogens with zero attached hydrogens (tertiary/aromatic N) is 3. The molecule has 4 heteroatoms. The molecule has 112 valence electrons. The number of hydrogen-bond donors (Lipinski definition) is 1. The van der Waals surface area contributed by atoms with E-state index in [9.17, 15) is 0 Å². The maximum Gasteiger partial charge on any atom is 0.0827 e. The van der Waals surface area contributed by atoms with Gasteiger partial charge in [0, 0.05) is 32.7 Å². The molecule has 1 saturated carbocycles. The van der Waals surface area contributed by atoms with Gasteiger partial charge >= 0.3 is 0 Å². The predicted molar refractivity (Wildman–Crippen MR) is 83.3 cm³/mol. The number of nitrogens with one attached hydrogen (secondary N) is 1. The zero-order valence-electron chi connectivity index (χ0n) is 13.0. The van der Waals surface area contributed by atoms with Gasteiger partial charge in [-0.05, 0) is 32.6 Å². The van der Waals surface area contributed by atoms with Crippen molar-refractivity contribution >= 4 is 5.69 Å². The number of H-pyrrole nitrogens is 1. The fourth-order valence-electron chi connectivity index (χ4n) is 3.90. The van der Waals surface area contributed by atoms with Crippen LogP contribution in [0.4, 0.5) is 5.69 Å². The Balaban J connectivity index is 1.52. The number of aryl methyl sites for hydroxylation is 2. The van der Waals surface area contributed by atoms with Gasteiger partial charge in [0.05, 0.1) is 17.1 Å². The van der Waals surface area contributed by atoms with Crippen LogP contribution >= 0.6 is 0 Å². The largest absolute Gasteiger partial charge is 0.366 e. The summed E-state index contributed by atoms with van der Waals surface area (Å²) in [5, 5.41) is 7.43. The van der Waals surface area contributed by atoms with Gasteiger partial charge in [0.2, 0.25) is 0 Å². The number of hydrogen-bond acceptors (Lipinski definition) is 3. The maximum absolute atomic E-state index is 4.32. The van der Waals surface area contributed by atoms with Crippen LogP contribution in [0.5, 0.6) is 0 Å². The lowest BCUT2D eigenvalue weighted by Gasteiger charge is -2.38. The summed E-state index contributed by atoms with van der Waals surface area (Å²) in [4.78, 5) is 5.18. The smallest absolute Gasteiger partial charge is 0.0827 e. The van der Waals surface area contributed by atoms with Gasteiger partial charge < -0.3 is 4.90 Å². The van der Waals surface area contributed by atoms with Gasteiger partial charge in [0.1, 0.15) is 0 Å². The fourth-order valence-corrected chi connectivity index (χ4v) is 3.90. The molecular formula is C16H28N4. The third-order valence-corrected chi connectivity index (χ3v) is 5.02. The maximum atomic E-state index is 4.32. The highest BCUT2D eigenvalue weighted by Crippen LogP contribution is 2.26. The minimum atomic E-state index is 0.965. The van der Waals surface area contributed by atoms with Crippen LogP contribution in [-0.2, 0) is 0 Å². The average Bonchev–Trinajstić information content (AvgIpc) is 2.81. The van der Waals surface area contributed by atoms with Gasteiger partial charge in [0.15, 0.2) is 0 Å². The minimum Gasteiger partial charge on any atom is -0.366 e. The van der Waals surface area contributed by atoms with Crippen molar-refractivity contribution in [1.29, 1.82) is 0 Å². The number of anilines is 1. The van der Waals surface area contributed by atoms with Crippen LogP contribution in [0.1, 0.15) is 43.5 Å². The Labute approximate surface area is 122 Å². The van der Waals surface area contributed by atoms with Crippen molar-refractivity contribution in [2.45, 2.75) is 46.0 Å². The Bertz CT molecular complexity index is 406. The lowest BCUT2D eigenvalue weighted by atomic mass is 9.89. The molecule has 2 aliphatic rings. The van der Waals surface area contributed by atoms with Gasteiger partial charge in [-0.3, -0.25) is 10.00 Å². The van der Waals surface area contributed by atoms with Crippen LogP contribution in [0.2, 0.25) is 0 Å². The van der Waals surface area contributed by atoms with E-state index >= 15 is 0 Å². The van der Waals surface area contributed by atoms with Gasteiger partial charge in [-0.15, -0.1) is 0 Å². The van der Waals surface area contributed by atoms with Crippen molar-refractivity contribution in [2.75, 3.05) is 37.6 Å². The van der Waals surface area contributed by atoms with E-state index in [-0.39, 0.29) is 0 Å². The highest BCUT2D eigenvalue weighted by atomic mass is 15.3. The summed E-state index contributed by atoms with van der Waals surface area (Å²) < 4.78 is 0. The van der Waals surface area contributed by atoms with Crippen LogP contribution in [-0.4, -0.2) is 47.8 Å². The summed E-state index contributed by atoms with van der Waals surface area (Å²) >= 11 is 0. The summed E-state index contributed by atoms with van der Waals surface area (Å²) in [6.45, 7) is 10.3. The second-order valence-electron chi connectivity index (χ2n) is 6.57. The molecule has 1 aliphatic carbocycles. The number of aromatic amines is 1. The third kappa shape index (κ3) is 3.00. The first-order valence-electron chi connectivity index (χ1n) is 8.23. The molecule has 0 bridgehead atoms. The van der Waals surface area contributed by atoms with Crippen molar-refractivity contribution < 1.29 is 0 Å². The van der Waals surface area contributed by atoms with Crippen molar-refractivity contribution in [2.24, 2.45) is 5.92 Å². The zero-order valence-corrected chi connectivity index (χ0v) is 13.0. The molecule has 0 atom stereocenters. The Hall–Kier alpha value is -1.03. The van der Waals surface area contributed by atoms with E-state index in [1.54, 1.807) is 0 Å². The van der Waals surface area contributed by atoms with E-state index in [1.807, 2.05) is 0 Å². The van der Waals surface area contributed by atoms with E-state index in [1.165, 1.54) is 63.1 Å². The van der Waals surface area contributed by atoms with Crippen molar-refractivity contribution in [3.05, 3.63) is 11.4 Å².